The van der Waals surface area contributed by atoms with Crippen molar-refractivity contribution in [3.63, 3.8) is 0 Å². The second-order valence-corrected chi connectivity index (χ2v) is 6.03. The van der Waals surface area contributed by atoms with Crippen LogP contribution in [-0.4, -0.2) is 6.04 Å². The number of hydrogen-bond acceptors (Lipinski definition) is 1. The molecule has 3 heteroatoms. The molecule has 20 heavy (non-hydrogen) atoms. The lowest BCUT2D eigenvalue weighted by molar-refractivity contribution is 0.527. The van der Waals surface area contributed by atoms with Gasteiger partial charge in [-0.2, -0.15) is 0 Å². The van der Waals surface area contributed by atoms with Crippen LogP contribution in [0.25, 0.3) is 0 Å². The first-order valence-electron chi connectivity index (χ1n) is 7.83. The van der Waals surface area contributed by atoms with E-state index in [2.05, 4.69) is 6.92 Å². The van der Waals surface area contributed by atoms with E-state index in [0.717, 1.165) is 18.4 Å². The van der Waals surface area contributed by atoms with Crippen molar-refractivity contribution in [2.75, 3.05) is 0 Å². The summed E-state index contributed by atoms with van der Waals surface area (Å²) in [6.45, 7) is 2.23. The Balaban J connectivity index is 2.13. The third-order valence-corrected chi connectivity index (χ3v) is 3.97. The van der Waals surface area contributed by atoms with Crippen LogP contribution in [0.2, 0.25) is 5.02 Å². The summed E-state index contributed by atoms with van der Waals surface area (Å²) >= 11 is 5.67. The fourth-order valence-electron chi connectivity index (χ4n) is 2.44. The molecule has 1 unspecified atom stereocenters. The Hall–Kier alpha value is -0.600. The van der Waals surface area contributed by atoms with Gasteiger partial charge in [0.05, 0.1) is 5.02 Å². The van der Waals surface area contributed by atoms with Gasteiger partial charge in [0, 0.05) is 6.04 Å². The summed E-state index contributed by atoms with van der Waals surface area (Å²) in [6, 6.07) is 5.07. The Labute approximate surface area is 127 Å². The van der Waals surface area contributed by atoms with Gasteiger partial charge in [-0.3, -0.25) is 0 Å². The van der Waals surface area contributed by atoms with Gasteiger partial charge >= 0.3 is 0 Å². The predicted molar refractivity (Wildman–Crippen MR) is 85.7 cm³/mol. The maximum Gasteiger partial charge on any atom is 0.142 e. The quantitative estimate of drug-likeness (QED) is 0.568. The number of hydrogen-bond donors (Lipinski definition) is 1. The minimum atomic E-state index is -0.354. The number of rotatable bonds is 10. The molecule has 0 aliphatic carbocycles. The van der Waals surface area contributed by atoms with Gasteiger partial charge in [0.15, 0.2) is 0 Å². The summed E-state index contributed by atoms with van der Waals surface area (Å²) in [5.74, 6) is -0.354. The zero-order chi connectivity index (χ0) is 14.8. The minimum absolute atomic E-state index is 0.117. The van der Waals surface area contributed by atoms with E-state index in [9.17, 15) is 4.39 Å². The van der Waals surface area contributed by atoms with E-state index in [1.54, 1.807) is 6.07 Å². The Bertz CT molecular complexity index is 381. The van der Waals surface area contributed by atoms with Gasteiger partial charge in [-0.15, -0.1) is 0 Å². The van der Waals surface area contributed by atoms with Gasteiger partial charge in [-0.1, -0.05) is 69.5 Å². The Morgan fingerprint density at radius 1 is 1.10 bits per heavy atom. The molecular weight excluding hydrogens is 273 g/mol. The lowest BCUT2D eigenvalue weighted by Gasteiger charge is -2.12. The fourth-order valence-corrected chi connectivity index (χ4v) is 2.55. The van der Waals surface area contributed by atoms with Crippen LogP contribution in [0.1, 0.15) is 63.9 Å². The van der Waals surface area contributed by atoms with Crippen LogP contribution in [0.5, 0.6) is 0 Å². The number of nitrogens with two attached hydrogens (primary N) is 1. The highest BCUT2D eigenvalue weighted by Crippen LogP contribution is 2.17. The summed E-state index contributed by atoms with van der Waals surface area (Å²) in [6.07, 6.45) is 10.8. The molecule has 1 atom stereocenters. The van der Waals surface area contributed by atoms with Gasteiger partial charge in [0.2, 0.25) is 0 Å². The molecule has 0 saturated heterocycles. The normalized spacial score (nSPS) is 12.6. The van der Waals surface area contributed by atoms with Crippen LogP contribution >= 0.6 is 11.6 Å². The highest BCUT2D eigenvalue weighted by molar-refractivity contribution is 6.30. The van der Waals surface area contributed by atoms with Crippen molar-refractivity contribution < 1.29 is 4.39 Å². The monoisotopic (exact) mass is 299 g/mol. The molecule has 0 amide bonds. The minimum Gasteiger partial charge on any atom is -0.327 e. The molecule has 114 valence electrons. The average molecular weight is 300 g/mol. The van der Waals surface area contributed by atoms with Crippen molar-refractivity contribution in [1.82, 2.24) is 0 Å². The van der Waals surface area contributed by atoms with Crippen molar-refractivity contribution >= 4 is 11.6 Å². The van der Waals surface area contributed by atoms with Crippen LogP contribution in [-0.2, 0) is 6.42 Å². The summed E-state index contributed by atoms with van der Waals surface area (Å²) in [5, 5.41) is 0.175. The molecule has 0 aliphatic heterocycles. The second kappa shape index (κ2) is 10.2. The smallest absolute Gasteiger partial charge is 0.142 e. The molecule has 0 spiro atoms. The molecule has 1 aromatic carbocycles. The Morgan fingerprint density at radius 2 is 1.75 bits per heavy atom. The number of unbranched alkanes of at least 4 members (excludes halogenated alkanes) is 6. The highest BCUT2D eigenvalue weighted by Gasteiger charge is 2.06. The molecule has 0 saturated carbocycles. The molecule has 0 heterocycles. The van der Waals surface area contributed by atoms with Gasteiger partial charge < -0.3 is 5.73 Å². The number of benzene rings is 1. The molecule has 1 aromatic rings. The van der Waals surface area contributed by atoms with Gasteiger partial charge in [-0.05, 0) is 30.5 Å². The maximum absolute atomic E-state index is 13.3. The average Bonchev–Trinajstić information content (AvgIpc) is 2.42. The van der Waals surface area contributed by atoms with Crippen molar-refractivity contribution in [2.24, 2.45) is 5.73 Å². The molecule has 1 rings (SSSR count). The summed E-state index contributed by atoms with van der Waals surface area (Å²) in [5.41, 5.74) is 7.03. The van der Waals surface area contributed by atoms with Crippen molar-refractivity contribution in [3.05, 3.63) is 34.6 Å². The Morgan fingerprint density at radius 3 is 2.40 bits per heavy atom. The first-order valence-corrected chi connectivity index (χ1v) is 8.20. The molecule has 0 aromatic heterocycles. The van der Waals surface area contributed by atoms with E-state index < -0.39 is 0 Å². The van der Waals surface area contributed by atoms with E-state index in [4.69, 9.17) is 17.3 Å². The van der Waals surface area contributed by atoms with Crippen LogP contribution in [0, 0.1) is 5.82 Å². The topological polar surface area (TPSA) is 26.0 Å². The van der Waals surface area contributed by atoms with E-state index >= 15 is 0 Å². The summed E-state index contributed by atoms with van der Waals surface area (Å²) in [4.78, 5) is 0. The maximum atomic E-state index is 13.3. The third kappa shape index (κ3) is 7.25. The SMILES string of the molecule is CCCCCCCCCC(N)Cc1ccc(Cl)c(F)c1. The van der Waals surface area contributed by atoms with Crippen molar-refractivity contribution in [2.45, 2.75) is 70.8 Å². The first-order chi connectivity index (χ1) is 9.63. The molecule has 0 bridgehead atoms. The largest absolute Gasteiger partial charge is 0.327 e. The van der Waals surface area contributed by atoms with Crippen LogP contribution in [0.15, 0.2) is 18.2 Å². The van der Waals surface area contributed by atoms with Gasteiger partial charge in [0.25, 0.3) is 0 Å². The molecule has 0 radical (unpaired) electrons. The summed E-state index contributed by atoms with van der Waals surface area (Å²) in [7, 11) is 0. The van der Waals surface area contributed by atoms with E-state index in [1.807, 2.05) is 6.07 Å². The zero-order valence-electron chi connectivity index (χ0n) is 12.5. The van der Waals surface area contributed by atoms with Gasteiger partial charge in [0.1, 0.15) is 5.82 Å². The first kappa shape index (κ1) is 17.5. The van der Waals surface area contributed by atoms with Crippen LogP contribution in [0.4, 0.5) is 4.39 Å². The van der Waals surface area contributed by atoms with E-state index in [1.165, 1.54) is 51.0 Å². The fraction of sp³-hybridized carbons (Fsp3) is 0.647. The third-order valence-electron chi connectivity index (χ3n) is 3.66. The van der Waals surface area contributed by atoms with Crippen molar-refractivity contribution in [1.29, 1.82) is 0 Å². The van der Waals surface area contributed by atoms with Crippen LogP contribution < -0.4 is 5.73 Å². The zero-order valence-corrected chi connectivity index (χ0v) is 13.3. The van der Waals surface area contributed by atoms with E-state index in [0.29, 0.717) is 0 Å². The highest BCUT2D eigenvalue weighted by atomic mass is 35.5. The van der Waals surface area contributed by atoms with Crippen molar-refractivity contribution in [3.8, 4) is 0 Å². The van der Waals surface area contributed by atoms with Crippen LogP contribution in [0.3, 0.4) is 0 Å². The molecule has 0 aliphatic rings. The van der Waals surface area contributed by atoms with E-state index in [-0.39, 0.29) is 16.9 Å². The molecular formula is C17H27ClFN. The molecule has 2 N–H and O–H groups in total. The molecule has 1 nitrogen and oxygen atoms in total. The molecule has 0 fully saturated rings. The summed E-state index contributed by atoms with van der Waals surface area (Å²) < 4.78 is 13.3. The second-order valence-electron chi connectivity index (χ2n) is 5.62. The number of halogens is 2. The lowest BCUT2D eigenvalue weighted by Crippen LogP contribution is -2.22. The lowest BCUT2D eigenvalue weighted by atomic mass is 10.00. The Kier molecular flexibility index (Phi) is 8.88. The predicted octanol–water partition coefficient (Wildman–Crippen LogP) is 5.49. The standard InChI is InChI=1S/C17H27ClFN/c1-2-3-4-5-6-7-8-9-15(20)12-14-10-11-16(18)17(19)13-14/h10-11,13,15H,2-9,12,20H2,1H3. The van der Waals surface area contributed by atoms with Gasteiger partial charge in [-0.25, -0.2) is 4.39 Å².